The summed E-state index contributed by atoms with van der Waals surface area (Å²) in [6.07, 6.45) is 5.91. The Morgan fingerprint density at radius 3 is 2.45 bits per heavy atom. The maximum atomic E-state index is 5.97. The highest BCUT2D eigenvalue weighted by Gasteiger charge is 2.21. The zero-order chi connectivity index (χ0) is 13.8. The molecule has 8 heteroatoms. The molecule has 6 nitrogen and oxygen atoms in total. The van der Waals surface area contributed by atoms with Gasteiger partial charge in [-0.25, -0.2) is 9.97 Å². The fourth-order valence-corrected chi connectivity index (χ4v) is 2.74. The smallest absolute Gasteiger partial charge is 0.218 e. The van der Waals surface area contributed by atoms with Gasteiger partial charge in [0.25, 0.3) is 0 Å². The maximum Gasteiger partial charge on any atom is 0.218 e. The average molecular weight is 351 g/mol. The molecule has 0 aromatic carbocycles. The van der Waals surface area contributed by atoms with E-state index < -0.39 is 0 Å². The van der Waals surface area contributed by atoms with E-state index in [0.717, 1.165) is 57.8 Å². The van der Waals surface area contributed by atoms with Crippen LogP contribution in [-0.4, -0.2) is 48.4 Å². The van der Waals surface area contributed by atoms with Crippen molar-refractivity contribution in [3.05, 3.63) is 12.4 Å². The molecule has 1 saturated heterocycles. The van der Waals surface area contributed by atoms with Gasteiger partial charge in [0.05, 0.1) is 13.2 Å². The van der Waals surface area contributed by atoms with Crippen molar-refractivity contribution in [3.63, 3.8) is 0 Å². The number of nitrogens with zero attached hydrogens (tertiary/aromatic N) is 3. The van der Waals surface area contributed by atoms with Crippen molar-refractivity contribution in [3.8, 4) is 5.88 Å². The van der Waals surface area contributed by atoms with Gasteiger partial charge in [0.1, 0.15) is 18.2 Å². The molecular weight excluding hydrogens is 327 g/mol. The zero-order valence-corrected chi connectivity index (χ0v) is 14.2. The number of aromatic nitrogens is 2. The zero-order valence-electron chi connectivity index (χ0n) is 12.5. The topological polar surface area (TPSA) is 73.5 Å². The summed E-state index contributed by atoms with van der Waals surface area (Å²) < 4.78 is 11.3. The molecule has 3 rings (SSSR count). The summed E-state index contributed by atoms with van der Waals surface area (Å²) in [5.41, 5.74) is 5.91. The molecule has 1 saturated carbocycles. The number of rotatable bonds is 3. The number of hydrogen-bond donors (Lipinski definition) is 1. The average Bonchev–Trinajstić information content (AvgIpc) is 2.51. The molecule has 22 heavy (non-hydrogen) atoms. The highest BCUT2D eigenvalue weighted by atomic mass is 35.5. The molecule has 1 aromatic rings. The monoisotopic (exact) mass is 350 g/mol. The highest BCUT2D eigenvalue weighted by Crippen LogP contribution is 2.23. The molecule has 2 aliphatic rings. The van der Waals surface area contributed by atoms with Crippen molar-refractivity contribution in [2.24, 2.45) is 5.73 Å². The largest absolute Gasteiger partial charge is 0.474 e. The summed E-state index contributed by atoms with van der Waals surface area (Å²) in [5.74, 6) is 1.59. The SMILES string of the molecule is Cl.Cl.NC1CCC(Oc2cc(N3CCOCC3)ncn2)CC1. The number of nitrogens with two attached hydrogens (primary N) is 1. The first-order valence-corrected chi connectivity index (χ1v) is 7.38. The van der Waals surface area contributed by atoms with E-state index in [2.05, 4.69) is 14.9 Å². The Morgan fingerprint density at radius 1 is 1.09 bits per heavy atom. The summed E-state index contributed by atoms with van der Waals surface area (Å²) in [7, 11) is 0. The van der Waals surface area contributed by atoms with E-state index in [1.807, 2.05) is 6.07 Å². The molecule has 1 aliphatic carbocycles. The Morgan fingerprint density at radius 2 is 1.77 bits per heavy atom. The Hall–Kier alpha value is -0.820. The minimum Gasteiger partial charge on any atom is -0.474 e. The minimum absolute atomic E-state index is 0. The lowest BCUT2D eigenvalue weighted by Crippen LogP contribution is -2.36. The molecule has 0 spiro atoms. The van der Waals surface area contributed by atoms with Crippen LogP contribution in [0.3, 0.4) is 0 Å². The van der Waals surface area contributed by atoms with Crippen molar-refractivity contribution in [1.82, 2.24) is 9.97 Å². The van der Waals surface area contributed by atoms with Gasteiger partial charge in [-0.2, -0.15) is 0 Å². The molecule has 0 bridgehead atoms. The van der Waals surface area contributed by atoms with E-state index in [9.17, 15) is 0 Å². The van der Waals surface area contributed by atoms with E-state index in [1.54, 1.807) is 6.33 Å². The first-order valence-electron chi connectivity index (χ1n) is 7.38. The number of ether oxygens (including phenoxy) is 2. The standard InChI is InChI=1S/C14H22N4O2.2ClH/c15-11-1-3-12(4-2-11)20-14-9-13(16-10-17-14)18-5-7-19-8-6-18;;/h9-12H,1-8,15H2;2*1H. The van der Waals surface area contributed by atoms with Gasteiger partial charge in [0.15, 0.2) is 0 Å². The molecule has 0 unspecified atom stereocenters. The second-order valence-electron chi connectivity index (χ2n) is 5.47. The number of hydrogen-bond acceptors (Lipinski definition) is 6. The van der Waals surface area contributed by atoms with Gasteiger partial charge in [0.2, 0.25) is 5.88 Å². The van der Waals surface area contributed by atoms with Gasteiger partial charge < -0.3 is 20.1 Å². The Labute approximate surface area is 143 Å². The van der Waals surface area contributed by atoms with Gasteiger partial charge in [0, 0.05) is 25.2 Å². The first-order chi connectivity index (χ1) is 9.81. The molecule has 2 fully saturated rings. The van der Waals surface area contributed by atoms with Crippen LogP contribution in [0.5, 0.6) is 5.88 Å². The number of halogens is 2. The molecule has 2 heterocycles. The maximum absolute atomic E-state index is 5.97. The minimum atomic E-state index is 0. The normalized spacial score (nSPS) is 24.9. The third-order valence-corrected chi connectivity index (χ3v) is 3.97. The van der Waals surface area contributed by atoms with E-state index in [4.69, 9.17) is 15.2 Å². The Bertz CT molecular complexity index is 439. The number of morpholine rings is 1. The second kappa shape index (κ2) is 9.35. The molecule has 1 aliphatic heterocycles. The van der Waals surface area contributed by atoms with Crippen molar-refractivity contribution < 1.29 is 9.47 Å². The summed E-state index contributed by atoms with van der Waals surface area (Å²) in [5, 5.41) is 0. The lowest BCUT2D eigenvalue weighted by molar-refractivity contribution is 0.122. The van der Waals surface area contributed by atoms with Crippen LogP contribution in [-0.2, 0) is 4.74 Å². The third kappa shape index (κ3) is 5.12. The van der Waals surface area contributed by atoms with Crippen LogP contribution in [0.25, 0.3) is 0 Å². The van der Waals surface area contributed by atoms with Crippen LogP contribution in [0, 0.1) is 0 Å². The van der Waals surface area contributed by atoms with Crippen LogP contribution in [0.15, 0.2) is 12.4 Å². The van der Waals surface area contributed by atoms with Crippen LogP contribution in [0.1, 0.15) is 25.7 Å². The Kier molecular flexibility index (Phi) is 8.17. The van der Waals surface area contributed by atoms with Crippen LogP contribution in [0.2, 0.25) is 0 Å². The van der Waals surface area contributed by atoms with Crippen LogP contribution >= 0.6 is 24.8 Å². The van der Waals surface area contributed by atoms with Crippen molar-refractivity contribution >= 4 is 30.6 Å². The van der Waals surface area contributed by atoms with E-state index in [-0.39, 0.29) is 30.9 Å². The summed E-state index contributed by atoms with van der Waals surface area (Å²) >= 11 is 0. The molecule has 1 aromatic heterocycles. The van der Waals surface area contributed by atoms with Crippen LogP contribution in [0.4, 0.5) is 5.82 Å². The van der Waals surface area contributed by atoms with Gasteiger partial charge in [-0.05, 0) is 25.7 Å². The van der Waals surface area contributed by atoms with Crippen molar-refractivity contribution in [2.75, 3.05) is 31.2 Å². The predicted octanol–water partition coefficient (Wildman–Crippen LogP) is 1.81. The lowest BCUT2D eigenvalue weighted by Gasteiger charge is -2.29. The molecular formula is C14H24Cl2N4O2. The fraction of sp³-hybridized carbons (Fsp3) is 0.714. The van der Waals surface area contributed by atoms with Gasteiger partial charge in [-0.3, -0.25) is 0 Å². The Balaban J connectivity index is 0.00000121. The van der Waals surface area contributed by atoms with Crippen molar-refractivity contribution in [2.45, 2.75) is 37.8 Å². The van der Waals surface area contributed by atoms with E-state index >= 15 is 0 Å². The molecule has 0 radical (unpaired) electrons. The first kappa shape index (κ1) is 19.2. The summed E-state index contributed by atoms with van der Waals surface area (Å²) in [4.78, 5) is 10.8. The summed E-state index contributed by atoms with van der Waals surface area (Å²) in [6.45, 7) is 3.24. The second-order valence-corrected chi connectivity index (χ2v) is 5.47. The van der Waals surface area contributed by atoms with Gasteiger partial charge in [-0.15, -0.1) is 24.8 Å². The lowest BCUT2D eigenvalue weighted by atomic mass is 9.94. The fourth-order valence-electron chi connectivity index (χ4n) is 2.74. The quantitative estimate of drug-likeness (QED) is 0.895. The van der Waals surface area contributed by atoms with E-state index in [1.165, 1.54) is 0 Å². The van der Waals surface area contributed by atoms with Gasteiger partial charge in [-0.1, -0.05) is 0 Å². The number of anilines is 1. The van der Waals surface area contributed by atoms with E-state index in [0.29, 0.717) is 11.9 Å². The molecule has 0 amide bonds. The predicted molar refractivity (Wildman–Crippen MR) is 90.4 cm³/mol. The van der Waals surface area contributed by atoms with Crippen LogP contribution < -0.4 is 15.4 Å². The van der Waals surface area contributed by atoms with Gasteiger partial charge >= 0.3 is 0 Å². The molecule has 0 atom stereocenters. The molecule has 2 N–H and O–H groups in total. The highest BCUT2D eigenvalue weighted by molar-refractivity contribution is 5.85. The summed E-state index contributed by atoms with van der Waals surface area (Å²) in [6, 6.07) is 2.27. The third-order valence-electron chi connectivity index (χ3n) is 3.97. The molecule has 126 valence electrons. The van der Waals surface area contributed by atoms with Crippen molar-refractivity contribution in [1.29, 1.82) is 0 Å².